The zero-order chi connectivity index (χ0) is 13.7. The maximum Gasteiger partial charge on any atom is 0.227 e. The standard InChI is InChI=1S/C15H20N2O2/c1-7-4-10-9(3)12(6-16)19-14(10)11-5-8(2)15(18)17-13(7)11/h4,8-9,12H,5-6,16H2,1-3H3,(H,17,18). The molecule has 0 fully saturated rings. The normalized spacial score (nSPS) is 28.4. The van der Waals surface area contributed by atoms with Gasteiger partial charge in [-0.25, -0.2) is 0 Å². The fourth-order valence-electron chi connectivity index (χ4n) is 3.09. The van der Waals surface area contributed by atoms with E-state index in [-0.39, 0.29) is 17.9 Å². The van der Waals surface area contributed by atoms with Crippen molar-refractivity contribution >= 4 is 11.6 Å². The Kier molecular flexibility index (Phi) is 2.78. The average Bonchev–Trinajstić information content (AvgIpc) is 2.69. The van der Waals surface area contributed by atoms with E-state index in [9.17, 15) is 4.79 Å². The third-order valence-electron chi connectivity index (χ3n) is 4.36. The maximum absolute atomic E-state index is 11.8. The van der Waals surface area contributed by atoms with Gasteiger partial charge in [-0.1, -0.05) is 13.8 Å². The second kappa shape index (κ2) is 4.23. The van der Waals surface area contributed by atoms with E-state index in [0.29, 0.717) is 12.5 Å². The van der Waals surface area contributed by atoms with Gasteiger partial charge in [-0.3, -0.25) is 4.79 Å². The van der Waals surface area contributed by atoms with E-state index >= 15 is 0 Å². The second-order valence-electron chi connectivity index (χ2n) is 5.74. The molecule has 19 heavy (non-hydrogen) atoms. The summed E-state index contributed by atoms with van der Waals surface area (Å²) in [5, 5.41) is 3.01. The van der Waals surface area contributed by atoms with E-state index in [1.54, 1.807) is 0 Å². The van der Waals surface area contributed by atoms with E-state index < -0.39 is 0 Å². The highest BCUT2D eigenvalue weighted by Gasteiger charge is 2.36. The topological polar surface area (TPSA) is 64.3 Å². The predicted molar refractivity (Wildman–Crippen MR) is 74.6 cm³/mol. The molecule has 3 N–H and O–H groups in total. The van der Waals surface area contributed by atoms with Gasteiger partial charge < -0.3 is 15.8 Å². The van der Waals surface area contributed by atoms with Crippen molar-refractivity contribution in [3.05, 3.63) is 22.8 Å². The molecule has 4 heteroatoms. The van der Waals surface area contributed by atoms with Crippen molar-refractivity contribution in [2.24, 2.45) is 11.7 Å². The molecule has 1 aromatic rings. The summed E-state index contributed by atoms with van der Waals surface area (Å²) in [6.45, 7) is 6.66. The molecular weight excluding hydrogens is 240 g/mol. The highest BCUT2D eigenvalue weighted by Crippen LogP contribution is 2.46. The number of nitrogens with one attached hydrogen (secondary N) is 1. The molecule has 0 saturated heterocycles. The number of fused-ring (bicyclic) bond motifs is 3. The van der Waals surface area contributed by atoms with Gasteiger partial charge in [0.1, 0.15) is 11.9 Å². The number of carbonyl (C=O) groups excluding carboxylic acids is 1. The predicted octanol–water partition coefficient (Wildman–Crippen LogP) is 1.95. The van der Waals surface area contributed by atoms with Gasteiger partial charge in [-0.05, 0) is 25.0 Å². The van der Waals surface area contributed by atoms with Gasteiger partial charge in [0.25, 0.3) is 0 Å². The van der Waals surface area contributed by atoms with Crippen molar-refractivity contribution in [1.82, 2.24) is 0 Å². The highest BCUT2D eigenvalue weighted by molar-refractivity contribution is 5.97. The Morgan fingerprint density at radius 2 is 2.21 bits per heavy atom. The van der Waals surface area contributed by atoms with Gasteiger partial charge in [0.05, 0.1) is 5.69 Å². The molecule has 0 aromatic heterocycles. The van der Waals surface area contributed by atoms with Gasteiger partial charge >= 0.3 is 0 Å². The molecule has 0 bridgehead atoms. The zero-order valence-corrected chi connectivity index (χ0v) is 11.6. The number of benzene rings is 1. The molecule has 0 aliphatic carbocycles. The number of rotatable bonds is 1. The second-order valence-corrected chi connectivity index (χ2v) is 5.74. The molecule has 2 aliphatic heterocycles. The van der Waals surface area contributed by atoms with E-state index in [1.165, 1.54) is 5.56 Å². The number of anilines is 1. The van der Waals surface area contributed by atoms with Crippen LogP contribution in [0.15, 0.2) is 6.07 Å². The fourth-order valence-corrected chi connectivity index (χ4v) is 3.09. The molecule has 3 rings (SSSR count). The lowest BCUT2D eigenvalue weighted by Gasteiger charge is -2.25. The summed E-state index contributed by atoms with van der Waals surface area (Å²) in [6.07, 6.45) is 0.795. The van der Waals surface area contributed by atoms with Crippen molar-refractivity contribution < 1.29 is 9.53 Å². The summed E-state index contributed by atoms with van der Waals surface area (Å²) >= 11 is 0. The van der Waals surface area contributed by atoms with Gasteiger partial charge in [0, 0.05) is 29.5 Å². The number of carbonyl (C=O) groups is 1. The Morgan fingerprint density at radius 3 is 2.89 bits per heavy atom. The van der Waals surface area contributed by atoms with Crippen LogP contribution in [0, 0.1) is 12.8 Å². The van der Waals surface area contributed by atoms with Gasteiger partial charge in [0.2, 0.25) is 5.91 Å². The molecule has 1 amide bonds. The SMILES string of the molecule is Cc1cc2c(c3c1NC(=O)C(C)C3)OC(CN)C2C. The summed E-state index contributed by atoms with van der Waals surface area (Å²) in [5.41, 5.74) is 10.2. The van der Waals surface area contributed by atoms with Crippen LogP contribution in [0.4, 0.5) is 5.69 Å². The molecule has 3 unspecified atom stereocenters. The van der Waals surface area contributed by atoms with Crippen molar-refractivity contribution in [2.75, 3.05) is 11.9 Å². The summed E-state index contributed by atoms with van der Waals surface area (Å²) < 4.78 is 6.03. The monoisotopic (exact) mass is 260 g/mol. The molecule has 102 valence electrons. The largest absolute Gasteiger partial charge is 0.488 e. The van der Waals surface area contributed by atoms with Crippen LogP contribution in [0.3, 0.4) is 0 Å². The lowest BCUT2D eigenvalue weighted by molar-refractivity contribution is -0.119. The summed E-state index contributed by atoms with van der Waals surface area (Å²) in [5.74, 6) is 1.36. The smallest absolute Gasteiger partial charge is 0.227 e. The number of hydrogen-bond acceptors (Lipinski definition) is 3. The Labute approximate surface area is 113 Å². The van der Waals surface area contributed by atoms with Crippen LogP contribution in [0.25, 0.3) is 0 Å². The van der Waals surface area contributed by atoms with Crippen molar-refractivity contribution in [3.63, 3.8) is 0 Å². The van der Waals surface area contributed by atoms with Crippen LogP contribution >= 0.6 is 0 Å². The molecule has 0 radical (unpaired) electrons. The van der Waals surface area contributed by atoms with E-state index in [2.05, 4.69) is 18.3 Å². The Bertz CT molecular complexity index is 554. The maximum atomic E-state index is 11.8. The van der Waals surface area contributed by atoms with Crippen LogP contribution in [0.1, 0.15) is 36.5 Å². The van der Waals surface area contributed by atoms with Crippen LogP contribution < -0.4 is 15.8 Å². The first-order chi connectivity index (χ1) is 9.02. The van der Waals surface area contributed by atoms with E-state index in [1.807, 2.05) is 13.8 Å². The molecule has 2 aliphatic rings. The third-order valence-corrected chi connectivity index (χ3v) is 4.36. The minimum atomic E-state index is -0.00534. The number of ether oxygens (including phenoxy) is 1. The third kappa shape index (κ3) is 1.74. The first-order valence-electron chi connectivity index (χ1n) is 6.86. The Morgan fingerprint density at radius 1 is 1.47 bits per heavy atom. The van der Waals surface area contributed by atoms with Crippen molar-refractivity contribution in [2.45, 2.75) is 39.2 Å². The number of nitrogens with two attached hydrogens (primary N) is 1. The first kappa shape index (κ1) is 12.5. The molecule has 1 aromatic carbocycles. The number of aryl methyl sites for hydroxylation is 1. The highest BCUT2D eigenvalue weighted by atomic mass is 16.5. The van der Waals surface area contributed by atoms with Gasteiger partial charge in [-0.2, -0.15) is 0 Å². The summed E-state index contributed by atoms with van der Waals surface area (Å²) in [4.78, 5) is 11.8. The van der Waals surface area contributed by atoms with Crippen LogP contribution in [0.5, 0.6) is 5.75 Å². The van der Waals surface area contributed by atoms with E-state index in [4.69, 9.17) is 10.5 Å². The number of amides is 1. The molecular formula is C15H20N2O2. The molecule has 4 nitrogen and oxygen atoms in total. The lowest BCUT2D eigenvalue weighted by atomic mass is 9.87. The van der Waals surface area contributed by atoms with Crippen LogP contribution in [-0.4, -0.2) is 18.6 Å². The Hall–Kier alpha value is -1.55. The molecule has 2 heterocycles. The van der Waals surface area contributed by atoms with Crippen molar-refractivity contribution in [3.8, 4) is 5.75 Å². The molecule has 3 atom stereocenters. The van der Waals surface area contributed by atoms with E-state index in [0.717, 1.165) is 29.0 Å². The fraction of sp³-hybridized carbons (Fsp3) is 0.533. The van der Waals surface area contributed by atoms with Crippen molar-refractivity contribution in [1.29, 1.82) is 0 Å². The van der Waals surface area contributed by atoms with Crippen LogP contribution in [-0.2, 0) is 11.2 Å². The molecule has 0 spiro atoms. The average molecular weight is 260 g/mol. The molecule has 0 saturated carbocycles. The lowest BCUT2D eigenvalue weighted by Crippen LogP contribution is -2.29. The minimum Gasteiger partial charge on any atom is -0.488 e. The van der Waals surface area contributed by atoms with Gasteiger partial charge in [0.15, 0.2) is 0 Å². The zero-order valence-electron chi connectivity index (χ0n) is 11.6. The first-order valence-corrected chi connectivity index (χ1v) is 6.86. The summed E-state index contributed by atoms with van der Waals surface area (Å²) in [7, 11) is 0. The Balaban J connectivity index is 2.14. The summed E-state index contributed by atoms with van der Waals surface area (Å²) in [6, 6.07) is 2.13. The van der Waals surface area contributed by atoms with Crippen LogP contribution in [0.2, 0.25) is 0 Å². The minimum absolute atomic E-state index is 0.00534. The number of hydrogen-bond donors (Lipinski definition) is 2. The quantitative estimate of drug-likeness (QED) is 0.811. The van der Waals surface area contributed by atoms with Gasteiger partial charge in [-0.15, -0.1) is 0 Å².